The van der Waals surface area contributed by atoms with E-state index in [0.29, 0.717) is 12.0 Å². The Kier molecular flexibility index (Phi) is 2.89. The lowest BCUT2D eigenvalue weighted by Gasteiger charge is -1.92. The van der Waals surface area contributed by atoms with E-state index in [9.17, 15) is 4.79 Å². The Labute approximate surface area is 68.2 Å². The fraction of sp³-hybridized carbons (Fsp3) is 0.143. The summed E-state index contributed by atoms with van der Waals surface area (Å²) in [5.41, 5.74) is 0. The maximum Gasteiger partial charge on any atom is 0.350 e. The molecule has 1 aromatic rings. The van der Waals surface area contributed by atoms with Crippen LogP contribution in [-0.4, -0.2) is 17.3 Å². The molecule has 12 heavy (non-hydrogen) atoms. The fourth-order valence-electron chi connectivity index (χ4n) is 0.578. The van der Waals surface area contributed by atoms with E-state index in [1.807, 2.05) is 0 Å². The molecule has 0 aromatic carbocycles. The average Bonchev–Trinajstić information content (AvgIpc) is 2.49. The molecule has 1 N–H and O–H groups in total. The molecule has 1 aromatic heterocycles. The fourth-order valence-corrected chi connectivity index (χ4v) is 0.578. The molecule has 5 heteroatoms. The van der Waals surface area contributed by atoms with Crippen LogP contribution in [0.1, 0.15) is 5.76 Å². The van der Waals surface area contributed by atoms with Gasteiger partial charge in [-0.2, -0.15) is 0 Å². The highest BCUT2D eigenvalue weighted by Gasteiger charge is 1.93. The highest BCUT2D eigenvalue weighted by molar-refractivity contribution is 6.21. The van der Waals surface area contributed by atoms with Crippen LogP contribution in [0.4, 0.5) is 0 Å². The molecule has 0 spiro atoms. The summed E-state index contributed by atoms with van der Waals surface area (Å²) in [4.78, 5) is 14.5. The lowest BCUT2D eigenvalue weighted by Crippen LogP contribution is -1.95. The highest BCUT2D eigenvalue weighted by atomic mass is 16.6. The van der Waals surface area contributed by atoms with Gasteiger partial charge in [0, 0.05) is 0 Å². The summed E-state index contributed by atoms with van der Waals surface area (Å²) in [6.07, 6.45) is 2.17. The molecule has 0 radical (unpaired) electrons. The van der Waals surface area contributed by atoms with E-state index in [1.165, 1.54) is 6.26 Å². The third-order valence-electron chi connectivity index (χ3n) is 1.02. The van der Waals surface area contributed by atoms with Crippen molar-refractivity contribution in [3.63, 3.8) is 0 Å². The molecule has 64 valence electrons. The first kappa shape index (κ1) is 8.32. The average molecular weight is 169 g/mol. The molecule has 0 fully saturated rings. The van der Waals surface area contributed by atoms with Crippen LogP contribution in [0, 0.1) is 0 Å². The van der Waals surface area contributed by atoms with Gasteiger partial charge < -0.3 is 14.4 Å². The van der Waals surface area contributed by atoms with Crippen LogP contribution in [0.25, 0.3) is 0 Å². The van der Waals surface area contributed by atoms with Crippen molar-refractivity contribution in [2.24, 2.45) is 5.16 Å². The van der Waals surface area contributed by atoms with Crippen molar-refractivity contribution in [2.45, 2.75) is 6.61 Å². The second-order valence-corrected chi connectivity index (χ2v) is 1.93. The third kappa shape index (κ3) is 2.87. The second-order valence-electron chi connectivity index (χ2n) is 1.93. The Morgan fingerprint density at radius 3 is 3.25 bits per heavy atom. The molecule has 1 rings (SSSR count). The standard InChI is InChI=1S/C7H7NO4/c9-7(10)4-8-12-5-6-2-1-3-11-6/h1-4H,5H2,(H,9,10)/b8-4-. The summed E-state index contributed by atoms with van der Waals surface area (Å²) >= 11 is 0. The number of hydrogen-bond acceptors (Lipinski definition) is 4. The molecular formula is C7H7NO4. The predicted molar refractivity (Wildman–Crippen MR) is 39.6 cm³/mol. The summed E-state index contributed by atoms with van der Waals surface area (Å²) in [6, 6.07) is 3.41. The van der Waals surface area contributed by atoms with Crippen LogP contribution in [-0.2, 0) is 16.2 Å². The summed E-state index contributed by atoms with van der Waals surface area (Å²) < 4.78 is 4.89. The number of hydrogen-bond donors (Lipinski definition) is 1. The van der Waals surface area contributed by atoms with Crippen molar-refractivity contribution in [2.75, 3.05) is 0 Å². The first-order valence-corrected chi connectivity index (χ1v) is 3.19. The number of furan rings is 1. The molecule has 0 aliphatic carbocycles. The molecule has 0 atom stereocenters. The zero-order valence-electron chi connectivity index (χ0n) is 6.14. The van der Waals surface area contributed by atoms with Crippen LogP contribution >= 0.6 is 0 Å². The van der Waals surface area contributed by atoms with E-state index < -0.39 is 5.97 Å². The van der Waals surface area contributed by atoms with Gasteiger partial charge in [0.2, 0.25) is 0 Å². The maximum absolute atomic E-state index is 9.91. The third-order valence-corrected chi connectivity index (χ3v) is 1.02. The lowest BCUT2D eigenvalue weighted by molar-refractivity contribution is -0.129. The number of oxime groups is 1. The summed E-state index contributed by atoms with van der Waals surface area (Å²) in [5, 5.41) is 11.3. The molecular weight excluding hydrogens is 162 g/mol. The van der Waals surface area contributed by atoms with Crippen molar-refractivity contribution in [1.82, 2.24) is 0 Å². The number of carboxylic acid groups (broad SMARTS) is 1. The summed E-state index contributed by atoms with van der Waals surface area (Å²) in [5.74, 6) is -0.549. The van der Waals surface area contributed by atoms with Crippen molar-refractivity contribution in [3.05, 3.63) is 24.2 Å². The van der Waals surface area contributed by atoms with Gasteiger partial charge in [-0.05, 0) is 12.1 Å². The number of carboxylic acids is 1. The highest BCUT2D eigenvalue weighted by Crippen LogP contribution is 2.00. The van der Waals surface area contributed by atoms with E-state index >= 15 is 0 Å². The normalized spacial score (nSPS) is 10.3. The van der Waals surface area contributed by atoms with Gasteiger partial charge in [-0.3, -0.25) is 0 Å². The van der Waals surface area contributed by atoms with Gasteiger partial charge in [-0.1, -0.05) is 5.16 Å². The van der Waals surface area contributed by atoms with Crippen molar-refractivity contribution >= 4 is 12.2 Å². The molecule has 0 unspecified atom stereocenters. The molecule has 1 heterocycles. The number of nitrogens with zero attached hydrogens (tertiary/aromatic N) is 1. The predicted octanol–water partition coefficient (Wildman–Crippen LogP) is 0.867. The maximum atomic E-state index is 9.91. The largest absolute Gasteiger partial charge is 0.477 e. The molecule has 0 saturated carbocycles. The van der Waals surface area contributed by atoms with Crippen molar-refractivity contribution < 1.29 is 19.2 Å². The van der Waals surface area contributed by atoms with Crippen LogP contribution in [0.2, 0.25) is 0 Å². The van der Waals surface area contributed by atoms with Gasteiger partial charge in [0.25, 0.3) is 0 Å². The molecule has 0 aliphatic rings. The minimum absolute atomic E-state index is 0.136. The first-order valence-electron chi connectivity index (χ1n) is 3.19. The van der Waals surface area contributed by atoms with Crippen molar-refractivity contribution in [1.29, 1.82) is 0 Å². The second kappa shape index (κ2) is 4.17. The molecule has 0 bridgehead atoms. The molecule has 5 nitrogen and oxygen atoms in total. The number of carbonyl (C=O) groups is 1. The minimum atomic E-state index is -1.14. The van der Waals surface area contributed by atoms with Crippen molar-refractivity contribution in [3.8, 4) is 0 Å². The molecule has 0 saturated heterocycles. The summed E-state index contributed by atoms with van der Waals surface area (Å²) in [6.45, 7) is 0.136. The van der Waals surface area contributed by atoms with E-state index in [-0.39, 0.29) is 6.61 Å². The topological polar surface area (TPSA) is 72.0 Å². The van der Waals surface area contributed by atoms with Gasteiger partial charge in [0.05, 0.1) is 6.26 Å². The molecule has 0 amide bonds. The van der Waals surface area contributed by atoms with E-state index in [0.717, 1.165) is 0 Å². The van der Waals surface area contributed by atoms with Gasteiger partial charge in [0.1, 0.15) is 5.76 Å². The van der Waals surface area contributed by atoms with Crippen LogP contribution in [0.3, 0.4) is 0 Å². The Hall–Kier alpha value is -1.78. The Balaban J connectivity index is 2.23. The number of aliphatic carboxylic acids is 1. The van der Waals surface area contributed by atoms with Gasteiger partial charge >= 0.3 is 5.97 Å². The van der Waals surface area contributed by atoms with Gasteiger partial charge in [-0.15, -0.1) is 0 Å². The van der Waals surface area contributed by atoms with Crippen LogP contribution < -0.4 is 0 Å². The summed E-state index contributed by atoms with van der Waals surface area (Å²) in [7, 11) is 0. The Morgan fingerprint density at radius 2 is 2.67 bits per heavy atom. The molecule has 0 aliphatic heterocycles. The zero-order valence-corrected chi connectivity index (χ0v) is 6.14. The SMILES string of the molecule is O=C(O)/C=N\OCc1ccco1. The van der Waals surface area contributed by atoms with Gasteiger partial charge in [0.15, 0.2) is 12.8 Å². The Bertz CT molecular complexity index is 265. The number of rotatable bonds is 4. The van der Waals surface area contributed by atoms with E-state index in [2.05, 4.69) is 9.99 Å². The van der Waals surface area contributed by atoms with Crippen LogP contribution in [0.15, 0.2) is 28.0 Å². The Morgan fingerprint density at radius 1 is 1.83 bits per heavy atom. The van der Waals surface area contributed by atoms with E-state index in [4.69, 9.17) is 9.52 Å². The monoisotopic (exact) mass is 169 g/mol. The lowest BCUT2D eigenvalue weighted by atomic mass is 10.5. The zero-order chi connectivity index (χ0) is 8.81. The van der Waals surface area contributed by atoms with Gasteiger partial charge in [-0.25, -0.2) is 4.79 Å². The smallest absolute Gasteiger partial charge is 0.350 e. The van der Waals surface area contributed by atoms with Crippen LogP contribution in [0.5, 0.6) is 0 Å². The minimum Gasteiger partial charge on any atom is -0.477 e. The van der Waals surface area contributed by atoms with E-state index in [1.54, 1.807) is 12.1 Å². The quantitative estimate of drug-likeness (QED) is 0.536. The first-order chi connectivity index (χ1) is 5.79.